The van der Waals surface area contributed by atoms with Crippen LogP contribution in [0.3, 0.4) is 0 Å². The first-order valence-corrected chi connectivity index (χ1v) is 6.66. The van der Waals surface area contributed by atoms with Crippen molar-refractivity contribution in [3.8, 4) is 5.75 Å². The molecule has 0 fully saturated rings. The average Bonchev–Trinajstić information content (AvgIpc) is 2.15. The predicted octanol–water partition coefficient (Wildman–Crippen LogP) is 4.51. The van der Waals surface area contributed by atoms with Gasteiger partial charge < -0.3 is 4.74 Å². The van der Waals surface area contributed by atoms with Gasteiger partial charge in [-0.2, -0.15) is 0 Å². The Morgan fingerprint density at radius 2 is 1.82 bits per heavy atom. The zero-order valence-electron chi connectivity index (χ0n) is 8.92. The molecule has 0 saturated carbocycles. The summed E-state index contributed by atoms with van der Waals surface area (Å²) in [6.07, 6.45) is 0.0103. The third-order valence-electron chi connectivity index (χ3n) is 1.91. The maximum absolute atomic E-state index is 11.9. The van der Waals surface area contributed by atoms with Gasteiger partial charge in [0.05, 0.1) is 0 Å². The SMILES string of the molecule is CC(Br)(CC(Cl)(Cl)Cl)C(=O)Oc1ccccc1. The molecule has 0 heterocycles. The number of para-hydroxylation sites is 1. The molecule has 6 heteroatoms. The van der Waals surface area contributed by atoms with Gasteiger partial charge in [-0.25, -0.2) is 0 Å². The topological polar surface area (TPSA) is 26.3 Å². The second-order valence-electron chi connectivity index (χ2n) is 3.69. The van der Waals surface area contributed by atoms with Gasteiger partial charge in [-0.3, -0.25) is 4.79 Å². The van der Waals surface area contributed by atoms with E-state index in [1.165, 1.54) is 0 Å². The molecule has 0 aromatic heterocycles. The number of hydrogen-bond acceptors (Lipinski definition) is 2. The van der Waals surface area contributed by atoms with Gasteiger partial charge in [-0.05, 0) is 19.1 Å². The molecule has 1 unspecified atom stereocenters. The molecule has 17 heavy (non-hydrogen) atoms. The van der Waals surface area contributed by atoms with Crippen molar-refractivity contribution in [2.24, 2.45) is 0 Å². The highest BCUT2D eigenvalue weighted by Crippen LogP contribution is 2.39. The Kier molecular flexibility index (Phi) is 5.14. The van der Waals surface area contributed by atoms with Crippen LogP contribution in [0.4, 0.5) is 0 Å². The van der Waals surface area contributed by atoms with Gasteiger partial charge in [-0.1, -0.05) is 68.9 Å². The first-order chi connectivity index (χ1) is 7.71. The lowest BCUT2D eigenvalue weighted by atomic mass is 10.1. The van der Waals surface area contributed by atoms with E-state index in [1.54, 1.807) is 31.2 Å². The van der Waals surface area contributed by atoms with Gasteiger partial charge in [0.1, 0.15) is 10.1 Å². The van der Waals surface area contributed by atoms with Gasteiger partial charge in [0.2, 0.25) is 0 Å². The molecule has 1 aromatic carbocycles. The molecule has 0 saturated heterocycles. The number of benzene rings is 1. The fraction of sp³-hybridized carbons (Fsp3) is 0.364. The summed E-state index contributed by atoms with van der Waals surface area (Å²) >= 11 is 20.2. The first kappa shape index (κ1) is 15.1. The Labute approximate surface area is 123 Å². The van der Waals surface area contributed by atoms with Crippen LogP contribution in [0.5, 0.6) is 5.75 Å². The standard InChI is InChI=1S/C11H10BrCl3O2/c1-10(12,7-11(13,14)15)9(16)17-8-5-3-2-4-6-8/h2-6H,7H2,1H3. The predicted molar refractivity (Wildman–Crippen MR) is 74.3 cm³/mol. The molecule has 0 bridgehead atoms. The number of carbonyl (C=O) groups is 1. The summed E-state index contributed by atoms with van der Waals surface area (Å²) in [5, 5.41) is 0. The van der Waals surface area contributed by atoms with E-state index in [2.05, 4.69) is 15.9 Å². The van der Waals surface area contributed by atoms with E-state index in [9.17, 15) is 4.79 Å². The Morgan fingerprint density at radius 1 is 1.29 bits per heavy atom. The number of hydrogen-bond donors (Lipinski definition) is 0. The van der Waals surface area contributed by atoms with Crippen LogP contribution in [-0.2, 0) is 4.79 Å². The third kappa shape index (κ3) is 5.47. The average molecular weight is 360 g/mol. The van der Waals surface area contributed by atoms with Gasteiger partial charge in [0.15, 0.2) is 3.79 Å². The number of esters is 1. The summed E-state index contributed by atoms with van der Waals surface area (Å²) in [4.78, 5) is 11.9. The fourth-order valence-corrected chi connectivity index (χ4v) is 2.94. The quantitative estimate of drug-likeness (QED) is 0.450. The normalized spacial score (nSPS) is 15.1. The lowest BCUT2D eigenvalue weighted by Gasteiger charge is -2.24. The highest BCUT2D eigenvalue weighted by Gasteiger charge is 2.40. The van der Waals surface area contributed by atoms with Crippen molar-refractivity contribution in [1.82, 2.24) is 0 Å². The minimum absolute atomic E-state index is 0.0103. The minimum Gasteiger partial charge on any atom is -0.426 e. The summed E-state index contributed by atoms with van der Waals surface area (Å²) in [7, 11) is 0. The minimum atomic E-state index is -1.52. The van der Waals surface area contributed by atoms with E-state index in [0.29, 0.717) is 5.75 Å². The van der Waals surface area contributed by atoms with E-state index < -0.39 is 14.1 Å². The highest BCUT2D eigenvalue weighted by atomic mass is 79.9. The first-order valence-electron chi connectivity index (χ1n) is 4.74. The van der Waals surface area contributed by atoms with Crippen molar-refractivity contribution in [2.75, 3.05) is 0 Å². The lowest BCUT2D eigenvalue weighted by molar-refractivity contribution is -0.136. The largest absolute Gasteiger partial charge is 0.426 e. The molecule has 0 aliphatic rings. The van der Waals surface area contributed by atoms with Crippen LogP contribution in [0.15, 0.2) is 30.3 Å². The van der Waals surface area contributed by atoms with Gasteiger partial charge in [0, 0.05) is 6.42 Å². The molecule has 94 valence electrons. The van der Waals surface area contributed by atoms with Crippen LogP contribution in [0.2, 0.25) is 0 Å². The Balaban J connectivity index is 2.70. The van der Waals surface area contributed by atoms with E-state index in [-0.39, 0.29) is 6.42 Å². The molecule has 0 radical (unpaired) electrons. The summed E-state index contributed by atoms with van der Waals surface area (Å²) < 4.78 is 2.60. The monoisotopic (exact) mass is 358 g/mol. The third-order valence-corrected chi connectivity index (χ3v) is 2.92. The molecule has 0 aliphatic heterocycles. The maximum atomic E-state index is 11.9. The van der Waals surface area contributed by atoms with E-state index >= 15 is 0 Å². The fourth-order valence-electron chi connectivity index (χ4n) is 1.15. The van der Waals surface area contributed by atoms with Gasteiger partial charge >= 0.3 is 5.97 Å². The van der Waals surface area contributed by atoms with Gasteiger partial charge in [-0.15, -0.1) is 0 Å². The summed E-state index contributed by atoms with van der Waals surface area (Å²) in [6, 6.07) is 8.71. The number of ether oxygens (including phenoxy) is 1. The summed E-state index contributed by atoms with van der Waals surface area (Å²) in [5.41, 5.74) is 0. The number of alkyl halides is 4. The summed E-state index contributed by atoms with van der Waals surface area (Å²) in [6.45, 7) is 1.60. The molecule has 0 amide bonds. The van der Waals surface area contributed by atoms with Crippen molar-refractivity contribution in [2.45, 2.75) is 21.5 Å². The van der Waals surface area contributed by atoms with Crippen LogP contribution >= 0.6 is 50.7 Å². The maximum Gasteiger partial charge on any atom is 0.328 e. The van der Waals surface area contributed by atoms with Crippen LogP contribution < -0.4 is 4.74 Å². The Hall–Kier alpha value is 0.0400. The second kappa shape index (κ2) is 5.79. The van der Waals surface area contributed by atoms with Crippen molar-refractivity contribution in [1.29, 1.82) is 0 Å². The van der Waals surface area contributed by atoms with Crippen LogP contribution in [0, 0.1) is 0 Å². The van der Waals surface area contributed by atoms with Crippen LogP contribution in [0.25, 0.3) is 0 Å². The smallest absolute Gasteiger partial charge is 0.328 e. The van der Waals surface area contributed by atoms with Gasteiger partial charge in [0.25, 0.3) is 0 Å². The zero-order valence-corrected chi connectivity index (χ0v) is 12.8. The van der Waals surface area contributed by atoms with E-state index in [1.807, 2.05) is 6.07 Å². The van der Waals surface area contributed by atoms with Crippen LogP contribution in [-0.4, -0.2) is 14.1 Å². The van der Waals surface area contributed by atoms with E-state index in [4.69, 9.17) is 39.5 Å². The molecule has 1 atom stereocenters. The highest BCUT2D eigenvalue weighted by molar-refractivity contribution is 9.10. The van der Waals surface area contributed by atoms with Crippen molar-refractivity contribution >= 4 is 56.7 Å². The zero-order chi connectivity index (χ0) is 13.1. The Bertz CT molecular complexity index is 387. The summed E-state index contributed by atoms with van der Waals surface area (Å²) in [5.74, 6) is -0.0532. The molecular weight excluding hydrogens is 350 g/mol. The van der Waals surface area contributed by atoms with E-state index in [0.717, 1.165) is 0 Å². The molecular formula is C11H10BrCl3O2. The second-order valence-corrected chi connectivity index (χ2v) is 7.96. The van der Waals surface area contributed by atoms with Crippen molar-refractivity contribution < 1.29 is 9.53 Å². The molecule has 0 spiro atoms. The molecule has 0 aliphatic carbocycles. The molecule has 1 rings (SSSR count). The number of rotatable bonds is 3. The van der Waals surface area contributed by atoms with Crippen molar-refractivity contribution in [3.05, 3.63) is 30.3 Å². The Morgan fingerprint density at radius 3 is 2.29 bits per heavy atom. The number of halogens is 4. The number of carbonyl (C=O) groups excluding carboxylic acids is 1. The molecule has 0 N–H and O–H groups in total. The van der Waals surface area contributed by atoms with Crippen LogP contribution in [0.1, 0.15) is 13.3 Å². The molecule has 1 aromatic rings. The van der Waals surface area contributed by atoms with Crippen molar-refractivity contribution in [3.63, 3.8) is 0 Å². The lowest BCUT2D eigenvalue weighted by Crippen LogP contribution is -2.36. The molecule has 2 nitrogen and oxygen atoms in total.